The molecule has 0 aliphatic carbocycles. The molecule has 2 aliphatic rings. The summed E-state index contributed by atoms with van der Waals surface area (Å²) in [6, 6.07) is 4.22. The molecule has 0 radical (unpaired) electrons. The van der Waals surface area contributed by atoms with Gasteiger partial charge < -0.3 is 0 Å². The van der Waals surface area contributed by atoms with E-state index in [2.05, 4.69) is 0 Å². The second kappa shape index (κ2) is 9.69. The zero-order chi connectivity index (χ0) is 21.9. The molecule has 1 aromatic carbocycles. The number of amides is 4. The van der Waals surface area contributed by atoms with Crippen LogP contribution in [0, 0.1) is 0 Å². The summed E-state index contributed by atoms with van der Waals surface area (Å²) >= 11 is 2.56. The fourth-order valence-electron chi connectivity index (χ4n) is 2.92. The van der Waals surface area contributed by atoms with Gasteiger partial charge in [-0.2, -0.15) is 13.2 Å². The number of anilines is 1. The molecule has 2 heterocycles. The highest BCUT2D eigenvalue weighted by Gasteiger charge is 2.44. The van der Waals surface area contributed by atoms with Gasteiger partial charge in [-0.05, 0) is 60.4 Å². The standard InChI is InChI=1S/C19H19F3N2O3S3/c1-2-3-9-23-15(25)14(17-28-10-4-11-29-17)16(26)24(18(23)27)12-5-7-13(8-6-12)30-19(20,21)22/h5-8H,2-4,9-11H2,1H3. The van der Waals surface area contributed by atoms with Gasteiger partial charge in [-0.3, -0.25) is 14.5 Å². The second-order valence-corrected chi connectivity index (χ2v) is 10.1. The van der Waals surface area contributed by atoms with Crippen LogP contribution in [0.25, 0.3) is 0 Å². The topological polar surface area (TPSA) is 57.7 Å². The fourth-order valence-corrected chi connectivity index (χ4v) is 6.06. The summed E-state index contributed by atoms with van der Waals surface area (Å²) in [7, 11) is 0. The van der Waals surface area contributed by atoms with Gasteiger partial charge in [0.15, 0.2) is 0 Å². The number of hydrogen-bond acceptors (Lipinski definition) is 6. The van der Waals surface area contributed by atoms with Gasteiger partial charge in [0.05, 0.1) is 9.92 Å². The number of halogens is 3. The molecular weight excluding hydrogens is 457 g/mol. The van der Waals surface area contributed by atoms with Crippen LogP contribution < -0.4 is 4.90 Å². The van der Waals surface area contributed by atoms with Gasteiger partial charge >= 0.3 is 11.5 Å². The number of benzene rings is 1. The Kier molecular flexibility index (Phi) is 7.46. The van der Waals surface area contributed by atoms with E-state index in [1.807, 2.05) is 6.92 Å². The van der Waals surface area contributed by atoms with Crippen LogP contribution in [0.3, 0.4) is 0 Å². The van der Waals surface area contributed by atoms with Crippen LogP contribution >= 0.6 is 35.3 Å². The maximum Gasteiger partial charge on any atom is 0.446 e. The first-order valence-electron chi connectivity index (χ1n) is 9.29. The number of carbonyl (C=O) groups excluding carboxylic acids is 3. The van der Waals surface area contributed by atoms with Crippen molar-refractivity contribution in [2.24, 2.45) is 0 Å². The highest BCUT2D eigenvalue weighted by atomic mass is 32.2. The van der Waals surface area contributed by atoms with Gasteiger partial charge in [-0.25, -0.2) is 9.69 Å². The summed E-state index contributed by atoms with van der Waals surface area (Å²) in [5.74, 6) is 0.221. The highest BCUT2D eigenvalue weighted by Crippen LogP contribution is 2.41. The van der Waals surface area contributed by atoms with Crippen LogP contribution in [0.15, 0.2) is 39.0 Å². The molecule has 0 spiro atoms. The molecular formula is C19H19F3N2O3S3. The largest absolute Gasteiger partial charge is 0.446 e. The van der Waals surface area contributed by atoms with Crippen LogP contribution in [0.2, 0.25) is 0 Å². The van der Waals surface area contributed by atoms with Crippen molar-refractivity contribution in [3.63, 3.8) is 0 Å². The van der Waals surface area contributed by atoms with Crippen molar-refractivity contribution in [3.05, 3.63) is 34.1 Å². The first-order chi connectivity index (χ1) is 14.2. The van der Waals surface area contributed by atoms with Crippen molar-refractivity contribution in [3.8, 4) is 0 Å². The van der Waals surface area contributed by atoms with Crippen LogP contribution in [0.5, 0.6) is 0 Å². The monoisotopic (exact) mass is 476 g/mol. The lowest BCUT2D eigenvalue weighted by molar-refractivity contribution is -0.129. The summed E-state index contributed by atoms with van der Waals surface area (Å²) in [6.45, 7) is 2.09. The Morgan fingerprint density at radius 1 is 1.03 bits per heavy atom. The molecule has 0 unspecified atom stereocenters. The third-order valence-corrected chi connectivity index (χ3v) is 7.69. The number of carbonyl (C=O) groups is 3. The smallest absolute Gasteiger partial charge is 0.268 e. The summed E-state index contributed by atoms with van der Waals surface area (Å²) in [5, 5.41) is 0. The summed E-state index contributed by atoms with van der Waals surface area (Å²) < 4.78 is 38.3. The van der Waals surface area contributed by atoms with E-state index in [-0.39, 0.29) is 34.5 Å². The molecule has 0 saturated carbocycles. The van der Waals surface area contributed by atoms with Crippen molar-refractivity contribution >= 4 is 58.8 Å². The zero-order valence-electron chi connectivity index (χ0n) is 16.0. The van der Waals surface area contributed by atoms with Gasteiger partial charge in [0, 0.05) is 11.4 Å². The van der Waals surface area contributed by atoms with E-state index in [1.165, 1.54) is 47.8 Å². The van der Waals surface area contributed by atoms with Gasteiger partial charge in [0.2, 0.25) is 0 Å². The Bertz CT molecular complexity index is 864. The van der Waals surface area contributed by atoms with Crippen LogP contribution in [0.1, 0.15) is 26.2 Å². The molecule has 2 saturated heterocycles. The first kappa shape index (κ1) is 23.1. The number of unbranched alkanes of at least 4 members (excludes halogenated alkanes) is 1. The average Bonchev–Trinajstić information content (AvgIpc) is 2.69. The van der Waals surface area contributed by atoms with Crippen molar-refractivity contribution in [2.45, 2.75) is 36.6 Å². The lowest BCUT2D eigenvalue weighted by Gasteiger charge is -2.35. The molecule has 0 aromatic heterocycles. The molecule has 2 fully saturated rings. The number of rotatable bonds is 5. The Morgan fingerprint density at radius 2 is 1.67 bits per heavy atom. The van der Waals surface area contributed by atoms with Crippen LogP contribution in [0.4, 0.5) is 23.7 Å². The number of alkyl halides is 3. The molecule has 11 heteroatoms. The van der Waals surface area contributed by atoms with Crippen molar-refractivity contribution < 1.29 is 27.6 Å². The molecule has 0 bridgehead atoms. The van der Waals surface area contributed by atoms with Gasteiger partial charge in [-0.1, -0.05) is 13.3 Å². The molecule has 4 amide bonds. The quantitative estimate of drug-likeness (QED) is 0.319. The van der Waals surface area contributed by atoms with E-state index < -0.39 is 23.4 Å². The minimum absolute atomic E-state index is 0.0332. The Hall–Kier alpha value is -1.59. The normalized spacial score (nSPS) is 18.5. The van der Waals surface area contributed by atoms with E-state index in [1.54, 1.807) is 0 Å². The minimum atomic E-state index is -4.44. The molecule has 0 atom stereocenters. The second-order valence-electron chi connectivity index (χ2n) is 6.49. The van der Waals surface area contributed by atoms with E-state index in [9.17, 15) is 27.6 Å². The number of urea groups is 1. The lowest BCUT2D eigenvalue weighted by atomic mass is 10.1. The maximum absolute atomic E-state index is 13.2. The summed E-state index contributed by atoms with van der Waals surface area (Å²) in [6.07, 6.45) is 2.29. The van der Waals surface area contributed by atoms with Crippen molar-refractivity contribution in [1.29, 1.82) is 0 Å². The van der Waals surface area contributed by atoms with Crippen molar-refractivity contribution in [1.82, 2.24) is 4.90 Å². The predicted molar refractivity (Wildman–Crippen MR) is 114 cm³/mol. The molecule has 5 nitrogen and oxygen atoms in total. The van der Waals surface area contributed by atoms with Gasteiger partial charge in [-0.15, -0.1) is 23.5 Å². The van der Waals surface area contributed by atoms with Gasteiger partial charge in [0.25, 0.3) is 11.8 Å². The van der Waals surface area contributed by atoms with Gasteiger partial charge in [0.1, 0.15) is 5.57 Å². The van der Waals surface area contributed by atoms with E-state index in [0.717, 1.165) is 34.1 Å². The first-order valence-corrected chi connectivity index (χ1v) is 12.1. The third-order valence-electron chi connectivity index (χ3n) is 4.32. The molecule has 30 heavy (non-hydrogen) atoms. The minimum Gasteiger partial charge on any atom is -0.268 e. The summed E-state index contributed by atoms with van der Waals surface area (Å²) in [4.78, 5) is 41.0. The lowest BCUT2D eigenvalue weighted by Crippen LogP contribution is -2.57. The fraction of sp³-hybridized carbons (Fsp3) is 0.421. The molecule has 1 aromatic rings. The van der Waals surface area contributed by atoms with E-state index in [0.29, 0.717) is 10.7 Å². The number of nitrogens with zero attached hydrogens (tertiary/aromatic N) is 2. The van der Waals surface area contributed by atoms with E-state index in [4.69, 9.17) is 0 Å². The summed E-state index contributed by atoms with van der Waals surface area (Å²) in [5.41, 5.74) is -4.34. The Balaban J connectivity index is 1.98. The molecule has 162 valence electrons. The average molecular weight is 477 g/mol. The predicted octanol–water partition coefficient (Wildman–Crippen LogP) is 5.48. The Labute approximate surface area is 184 Å². The molecule has 2 aliphatic heterocycles. The zero-order valence-corrected chi connectivity index (χ0v) is 18.5. The molecule has 3 rings (SSSR count). The van der Waals surface area contributed by atoms with E-state index >= 15 is 0 Å². The number of imide groups is 2. The van der Waals surface area contributed by atoms with Crippen LogP contribution in [-0.2, 0) is 9.59 Å². The van der Waals surface area contributed by atoms with Crippen LogP contribution in [-0.4, -0.2) is 46.3 Å². The number of hydrogen-bond donors (Lipinski definition) is 0. The highest BCUT2D eigenvalue weighted by molar-refractivity contribution is 8.22. The third kappa shape index (κ3) is 5.17. The SMILES string of the molecule is CCCCN1C(=O)C(=C2SCCCS2)C(=O)N(c2ccc(SC(F)(F)F)cc2)C1=O. The Morgan fingerprint density at radius 3 is 2.23 bits per heavy atom. The van der Waals surface area contributed by atoms with Crippen molar-refractivity contribution in [2.75, 3.05) is 23.0 Å². The molecule has 0 N–H and O–H groups in total. The number of barbiturate groups is 1. The maximum atomic E-state index is 13.2. The number of thioether (sulfide) groups is 3.